The van der Waals surface area contributed by atoms with E-state index >= 15 is 0 Å². The Hall–Kier alpha value is -3.51. The first kappa shape index (κ1) is 23.2. The van der Waals surface area contributed by atoms with E-state index in [0.29, 0.717) is 12.2 Å². The van der Waals surface area contributed by atoms with E-state index in [9.17, 15) is 4.79 Å². The van der Waals surface area contributed by atoms with Gasteiger partial charge < -0.3 is 24.1 Å². The minimum Gasteiger partial charge on any atom is -0.487 e. The summed E-state index contributed by atoms with van der Waals surface area (Å²) < 4.78 is 22.8. The van der Waals surface area contributed by atoms with Crippen molar-refractivity contribution in [3.8, 4) is 23.0 Å². The number of methoxy groups -OCH3 is 1. The number of rotatable bonds is 11. The summed E-state index contributed by atoms with van der Waals surface area (Å²) in [4.78, 5) is 11.1. The number of carboxylic acid groups (broad SMARTS) is 1. The van der Waals surface area contributed by atoms with E-state index in [4.69, 9.17) is 24.1 Å². The van der Waals surface area contributed by atoms with Gasteiger partial charge in [0.25, 0.3) is 0 Å². The number of carbonyl (C=O) groups is 1. The number of hydrogen-bond acceptors (Lipinski definition) is 5. The molecule has 0 radical (unpaired) electrons. The van der Waals surface area contributed by atoms with Gasteiger partial charge in [0.1, 0.15) is 35.2 Å². The number of benzene rings is 3. The van der Waals surface area contributed by atoms with Gasteiger partial charge in [-0.15, -0.1) is 0 Å². The Morgan fingerprint density at radius 3 is 1.72 bits per heavy atom. The fraction of sp³-hybridized carbons (Fsp3) is 0.269. The molecule has 3 rings (SSSR count). The molecule has 0 bridgehead atoms. The largest absolute Gasteiger partial charge is 0.487 e. The maximum Gasteiger partial charge on any atom is 0.333 e. The van der Waals surface area contributed by atoms with E-state index in [2.05, 4.69) is 0 Å². The maximum atomic E-state index is 11.1. The van der Waals surface area contributed by atoms with E-state index in [1.165, 1.54) is 7.11 Å². The highest BCUT2D eigenvalue weighted by Crippen LogP contribution is 2.25. The molecule has 32 heavy (non-hydrogen) atoms. The Kier molecular flexibility index (Phi) is 8.11. The van der Waals surface area contributed by atoms with Crippen LogP contribution in [0.5, 0.6) is 23.0 Å². The Morgan fingerprint density at radius 2 is 1.22 bits per heavy atom. The first-order chi connectivity index (χ1) is 15.4. The molecule has 0 spiro atoms. The van der Waals surface area contributed by atoms with Crippen LogP contribution in [-0.2, 0) is 16.0 Å². The average Bonchev–Trinajstić information content (AvgIpc) is 2.80. The van der Waals surface area contributed by atoms with Gasteiger partial charge in [-0.05, 0) is 67.9 Å². The van der Waals surface area contributed by atoms with Crippen LogP contribution >= 0.6 is 0 Å². The minimum atomic E-state index is -0.980. The summed E-state index contributed by atoms with van der Waals surface area (Å²) in [5, 5.41) is 9.10. The molecule has 0 amide bonds. The molecule has 0 heterocycles. The summed E-state index contributed by atoms with van der Waals surface area (Å²) in [7, 11) is 1.39. The van der Waals surface area contributed by atoms with Crippen molar-refractivity contribution in [2.24, 2.45) is 0 Å². The number of aliphatic carboxylic acids is 1. The molecule has 0 aliphatic heterocycles. The van der Waals surface area contributed by atoms with Gasteiger partial charge in [-0.25, -0.2) is 4.79 Å². The topological polar surface area (TPSA) is 74.2 Å². The zero-order valence-corrected chi connectivity index (χ0v) is 18.4. The molecular formula is C26H28O6. The Labute approximate surface area is 188 Å². The molecular weight excluding hydrogens is 408 g/mol. The standard InChI is InChI=1S/C26H28O6/c1-18(30-22-11-9-20(10-12-22)17-25(29-3)26(27)28)19(2)31-23-13-15-24(16-14-23)32-21-7-5-4-6-8-21/h4-16,18-19,25H,17H2,1-3H3,(H,27,28)/t18-,19-,25+/m1/s1. The van der Waals surface area contributed by atoms with Crippen LogP contribution in [0.25, 0.3) is 0 Å². The van der Waals surface area contributed by atoms with E-state index in [1.807, 2.05) is 92.7 Å². The van der Waals surface area contributed by atoms with Gasteiger partial charge in [-0.2, -0.15) is 0 Å². The summed E-state index contributed by atoms with van der Waals surface area (Å²) in [6.07, 6.45) is -0.962. The van der Waals surface area contributed by atoms with Crippen molar-refractivity contribution < 1.29 is 28.8 Å². The molecule has 3 aromatic rings. The Balaban J connectivity index is 1.51. The summed E-state index contributed by atoms with van der Waals surface area (Å²) in [6, 6.07) is 24.4. The molecule has 6 nitrogen and oxygen atoms in total. The summed E-state index contributed by atoms with van der Waals surface area (Å²) >= 11 is 0. The number of para-hydroxylation sites is 1. The van der Waals surface area contributed by atoms with Gasteiger partial charge in [-0.3, -0.25) is 0 Å². The van der Waals surface area contributed by atoms with Crippen molar-refractivity contribution in [2.45, 2.75) is 38.6 Å². The van der Waals surface area contributed by atoms with Crippen molar-refractivity contribution in [1.82, 2.24) is 0 Å². The van der Waals surface area contributed by atoms with Gasteiger partial charge in [0, 0.05) is 13.5 Å². The normalized spacial score (nSPS) is 13.6. The summed E-state index contributed by atoms with van der Waals surface area (Å²) in [5.74, 6) is 1.95. The average molecular weight is 437 g/mol. The molecule has 0 aromatic heterocycles. The van der Waals surface area contributed by atoms with E-state index < -0.39 is 12.1 Å². The van der Waals surface area contributed by atoms with E-state index in [-0.39, 0.29) is 12.2 Å². The molecule has 6 heteroatoms. The zero-order chi connectivity index (χ0) is 22.9. The molecule has 0 fully saturated rings. The minimum absolute atomic E-state index is 0.194. The second kappa shape index (κ2) is 11.2. The molecule has 0 aliphatic rings. The van der Waals surface area contributed by atoms with Gasteiger partial charge in [0.2, 0.25) is 0 Å². The van der Waals surface area contributed by atoms with Crippen molar-refractivity contribution in [3.63, 3.8) is 0 Å². The molecule has 168 valence electrons. The second-order valence-electron chi connectivity index (χ2n) is 7.44. The molecule has 0 saturated heterocycles. The summed E-state index contributed by atoms with van der Waals surface area (Å²) in [5.41, 5.74) is 0.862. The maximum absolute atomic E-state index is 11.1. The fourth-order valence-electron chi connectivity index (χ4n) is 3.02. The first-order valence-corrected chi connectivity index (χ1v) is 10.5. The monoisotopic (exact) mass is 436 g/mol. The van der Waals surface area contributed by atoms with Crippen LogP contribution in [0.1, 0.15) is 19.4 Å². The van der Waals surface area contributed by atoms with Crippen LogP contribution < -0.4 is 14.2 Å². The lowest BCUT2D eigenvalue weighted by molar-refractivity contribution is -0.148. The van der Waals surface area contributed by atoms with Crippen LogP contribution in [0, 0.1) is 0 Å². The van der Waals surface area contributed by atoms with E-state index in [1.54, 1.807) is 0 Å². The lowest BCUT2D eigenvalue weighted by Crippen LogP contribution is -2.31. The highest BCUT2D eigenvalue weighted by atomic mass is 16.5. The number of hydrogen-bond donors (Lipinski definition) is 1. The molecule has 0 saturated carbocycles. The van der Waals surface area contributed by atoms with Crippen LogP contribution in [0.4, 0.5) is 0 Å². The fourth-order valence-corrected chi connectivity index (χ4v) is 3.02. The van der Waals surface area contributed by atoms with Gasteiger partial charge in [-0.1, -0.05) is 30.3 Å². The lowest BCUT2D eigenvalue weighted by atomic mass is 10.1. The van der Waals surface area contributed by atoms with Crippen LogP contribution in [0.3, 0.4) is 0 Å². The van der Waals surface area contributed by atoms with Gasteiger partial charge in [0.15, 0.2) is 6.10 Å². The number of carboxylic acids is 1. The van der Waals surface area contributed by atoms with Gasteiger partial charge in [0.05, 0.1) is 0 Å². The predicted octanol–water partition coefficient (Wildman–Crippen LogP) is 5.36. The first-order valence-electron chi connectivity index (χ1n) is 10.5. The van der Waals surface area contributed by atoms with Crippen molar-refractivity contribution in [2.75, 3.05) is 7.11 Å². The zero-order valence-electron chi connectivity index (χ0n) is 18.4. The lowest BCUT2D eigenvalue weighted by Gasteiger charge is -2.23. The Morgan fingerprint density at radius 1 is 0.750 bits per heavy atom. The quantitative estimate of drug-likeness (QED) is 0.436. The van der Waals surface area contributed by atoms with Gasteiger partial charge >= 0.3 is 5.97 Å². The Bertz CT molecular complexity index is 969. The SMILES string of the molecule is CO[C@@H](Cc1ccc(O[C@H](C)[C@@H](C)Oc2ccc(Oc3ccccc3)cc2)cc1)C(=O)O. The van der Waals surface area contributed by atoms with Crippen molar-refractivity contribution in [3.05, 3.63) is 84.4 Å². The van der Waals surface area contributed by atoms with Crippen LogP contribution in [0.15, 0.2) is 78.9 Å². The van der Waals surface area contributed by atoms with E-state index in [0.717, 1.165) is 22.8 Å². The molecule has 0 unspecified atom stereocenters. The highest BCUT2D eigenvalue weighted by molar-refractivity contribution is 5.72. The second-order valence-corrected chi connectivity index (χ2v) is 7.44. The highest BCUT2D eigenvalue weighted by Gasteiger charge is 2.18. The third-order valence-electron chi connectivity index (χ3n) is 5.01. The number of ether oxygens (including phenoxy) is 4. The third kappa shape index (κ3) is 6.75. The third-order valence-corrected chi connectivity index (χ3v) is 5.01. The predicted molar refractivity (Wildman–Crippen MR) is 122 cm³/mol. The van der Waals surface area contributed by atoms with Crippen LogP contribution in [-0.4, -0.2) is 36.5 Å². The molecule has 3 aromatic carbocycles. The van der Waals surface area contributed by atoms with Crippen molar-refractivity contribution >= 4 is 5.97 Å². The molecule has 1 N–H and O–H groups in total. The summed E-state index contributed by atoms with van der Waals surface area (Å²) in [6.45, 7) is 3.89. The molecule has 3 atom stereocenters. The smallest absolute Gasteiger partial charge is 0.333 e. The van der Waals surface area contributed by atoms with Crippen LogP contribution in [0.2, 0.25) is 0 Å². The van der Waals surface area contributed by atoms with Crippen molar-refractivity contribution in [1.29, 1.82) is 0 Å². The molecule has 0 aliphatic carbocycles.